The molecule has 0 saturated carbocycles. The highest BCUT2D eigenvalue weighted by atomic mass is 16.5. The molecule has 0 fully saturated rings. The van der Waals surface area contributed by atoms with Crippen LogP contribution in [-0.4, -0.2) is 32.4 Å². The molecule has 0 aromatic heterocycles. The van der Waals surface area contributed by atoms with E-state index in [9.17, 15) is 4.79 Å². The zero-order valence-corrected chi connectivity index (χ0v) is 17.1. The van der Waals surface area contributed by atoms with E-state index in [1.165, 1.54) is 0 Å². The fourth-order valence-corrected chi connectivity index (χ4v) is 2.47. The van der Waals surface area contributed by atoms with Crippen LogP contribution in [0.2, 0.25) is 0 Å². The summed E-state index contributed by atoms with van der Waals surface area (Å²) in [6.07, 6.45) is 0.991. The highest BCUT2D eigenvalue weighted by Crippen LogP contribution is 2.25. The topological polar surface area (TPSA) is 69.2 Å². The van der Waals surface area contributed by atoms with Crippen LogP contribution >= 0.6 is 0 Å². The standard InChI is InChI=1S/C22H28N2O4/c1-15(2)12-13-28-18-8-6-17(7-9-18)22(25)24-23-16(3)20-11-10-19(26-4)14-21(20)27-5/h6-11,14-15H,12-13H2,1-5H3,(H,24,25). The quantitative estimate of drug-likeness (QED) is 0.517. The van der Waals surface area contributed by atoms with E-state index in [4.69, 9.17) is 14.2 Å². The van der Waals surface area contributed by atoms with Gasteiger partial charge in [-0.1, -0.05) is 13.8 Å². The number of carbonyl (C=O) groups excluding carboxylic acids is 1. The van der Waals surface area contributed by atoms with Crippen molar-refractivity contribution < 1.29 is 19.0 Å². The first-order valence-corrected chi connectivity index (χ1v) is 9.24. The molecule has 0 unspecified atom stereocenters. The monoisotopic (exact) mass is 384 g/mol. The van der Waals surface area contributed by atoms with Crippen LogP contribution in [-0.2, 0) is 0 Å². The lowest BCUT2D eigenvalue weighted by Gasteiger charge is -2.10. The van der Waals surface area contributed by atoms with Gasteiger partial charge in [-0.2, -0.15) is 5.10 Å². The van der Waals surface area contributed by atoms with Crippen molar-refractivity contribution in [3.8, 4) is 17.2 Å². The van der Waals surface area contributed by atoms with Crippen molar-refractivity contribution in [1.82, 2.24) is 5.43 Å². The smallest absolute Gasteiger partial charge is 0.271 e. The summed E-state index contributed by atoms with van der Waals surface area (Å²) in [6, 6.07) is 12.4. The second-order valence-electron chi connectivity index (χ2n) is 6.76. The molecule has 0 radical (unpaired) electrons. The number of ether oxygens (including phenoxy) is 3. The fourth-order valence-electron chi connectivity index (χ4n) is 2.47. The molecule has 150 valence electrons. The zero-order valence-electron chi connectivity index (χ0n) is 17.1. The largest absolute Gasteiger partial charge is 0.497 e. The summed E-state index contributed by atoms with van der Waals surface area (Å²) in [4.78, 5) is 12.3. The number of hydrazone groups is 1. The molecule has 2 aromatic carbocycles. The lowest BCUT2D eigenvalue weighted by atomic mass is 10.1. The molecular formula is C22H28N2O4. The van der Waals surface area contributed by atoms with E-state index in [-0.39, 0.29) is 5.91 Å². The molecule has 0 bridgehead atoms. The highest BCUT2D eigenvalue weighted by Gasteiger charge is 2.10. The fraction of sp³-hybridized carbons (Fsp3) is 0.364. The summed E-state index contributed by atoms with van der Waals surface area (Å²) < 4.78 is 16.2. The van der Waals surface area contributed by atoms with E-state index in [0.717, 1.165) is 17.7 Å². The number of carbonyl (C=O) groups is 1. The van der Waals surface area contributed by atoms with E-state index in [2.05, 4.69) is 24.4 Å². The Kier molecular flexibility index (Phi) is 7.87. The normalized spacial score (nSPS) is 11.3. The summed E-state index contributed by atoms with van der Waals surface area (Å²) in [5.74, 6) is 2.36. The first-order chi connectivity index (χ1) is 13.4. The molecule has 2 aromatic rings. The lowest BCUT2D eigenvalue weighted by molar-refractivity contribution is 0.0955. The molecule has 2 rings (SSSR count). The molecule has 0 heterocycles. The van der Waals surface area contributed by atoms with Crippen molar-refractivity contribution in [3.05, 3.63) is 53.6 Å². The van der Waals surface area contributed by atoms with Crippen molar-refractivity contribution in [3.63, 3.8) is 0 Å². The maximum atomic E-state index is 12.3. The Balaban J connectivity index is 2.00. The molecule has 0 saturated heterocycles. The minimum absolute atomic E-state index is 0.291. The average Bonchev–Trinajstić information content (AvgIpc) is 2.71. The van der Waals surface area contributed by atoms with Crippen LogP contribution in [0.1, 0.15) is 43.1 Å². The Hall–Kier alpha value is -3.02. The molecule has 6 nitrogen and oxygen atoms in total. The van der Waals surface area contributed by atoms with E-state index >= 15 is 0 Å². The number of methoxy groups -OCH3 is 2. The molecule has 28 heavy (non-hydrogen) atoms. The maximum absolute atomic E-state index is 12.3. The third-order valence-electron chi connectivity index (χ3n) is 4.20. The van der Waals surface area contributed by atoms with Crippen LogP contribution < -0.4 is 19.6 Å². The first kappa shape index (κ1) is 21.3. The maximum Gasteiger partial charge on any atom is 0.271 e. The van der Waals surface area contributed by atoms with Crippen LogP contribution in [0.4, 0.5) is 0 Å². The summed E-state index contributed by atoms with van der Waals surface area (Å²) >= 11 is 0. The van der Waals surface area contributed by atoms with Crippen molar-refractivity contribution in [1.29, 1.82) is 0 Å². The van der Waals surface area contributed by atoms with Crippen molar-refractivity contribution in [2.24, 2.45) is 11.0 Å². The molecule has 0 aliphatic heterocycles. The van der Waals surface area contributed by atoms with Gasteiger partial charge < -0.3 is 14.2 Å². The molecule has 0 aliphatic rings. The van der Waals surface area contributed by atoms with Crippen LogP contribution in [0.5, 0.6) is 17.2 Å². The Morgan fingerprint density at radius 2 is 1.71 bits per heavy atom. The van der Waals surface area contributed by atoms with Gasteiger partial charge in [-0.05, 0) is 55.7 Å². The molecule has 1 N–H and O–H groups in total. The molecule has 1 amide bonds. The third kappa shape index (κ3) is 6.01. The molecule has 6 heteroatoms. The van der Waals surface area contributed by atoms with Gasteiger partial charge in [0.05, 0.1) is 26.5 Å². The van der Waals surface area contributed by atoms with E-state index in [1.807, 2.05) is 12.1 Å². The second-order valence-corrected chi connectivity index (χ2v) is 6.76. The van der Waals surface area contributed by atoms with Gasteiger partial charge in [0.15, 0.2) is 0 Å². The number of benzene rings is 2. The van der Waals surface area contributed by atoms with Gasteiger partial charge in [-0.15, -0.1) is 0 Å². The summed E-state index contributed by atoms with van der Waals surface area (Å²) in [5.41, 5.74) is 4.49. The van der Waals surface area contributed by atoms with Crippen LogP contribution in [0.15, 0.2) is 47.6 Å². The Morgan fingerprint density at radius 1 is 1.04 bits per heavy atom. The molecule has 0 aliphatic carbocycles. The second kappa shape index (κ2) is 10.3. The van der Waals surface area contributed by atoms with Crippen molar-refractivity contribution >= 4 is 11.6 Å². The zero-order chi connectivity index (χ0) is 20.5. The van der Waals surface area contributed by atoms with Gasteiger partial charge in [0.25, 0.3) is 5.91 Å². The number of rotatable bonds is 9. The van der Waals surface area contributed by atoms with Crippen molar-refractivity contribution in [2.75, 3.05) is 20.8 Å². The molecule has 0 atom stereocenters. The Bertz CT molecular complexity index is 814. The van der Waals surface area contributed by atoms with Crippen LogP contribution in [0.3, 0.4) is 0 Å². The summed E-state index contributed by atoms with van der Waals surface area (Å²) in [5, 5.41) is 4.19. The van der Waals surface area contributed by atoms with E-state index in [0.29, 0.717) is 35.3 Å². The molecule has 0 spiro atoms. The van der Waals surface area contributed by atoms with Gasteiger partial charge in [-0.25, -0.2) is 5.43 Å². The number of hydrogen-bond donors (Lipinski definition) is 1. The van der Waals surface area contributed by atoms with Gasteiger partial charge in [0, 0.05) is 17.2 Å². The average molecular weight is 384 g/mol. The number of nitrogens with zero attached hydrogens (tertiary/aromatic N) is 1. The molecular weight excluding hydrogens is 356 g/mol. The highest BCUT2D eigenvalue weighted by molar-refractivity contribution is 6.02. The number of hydrogen-bond acceptors (Lipinski definition) is 5. The predicted molar refractivity (Wildman–Crippen MR) is 111 cm³/mol. The first-order valence-electron chi connectivity index (χ1n) is 9.24. The van der Waals surface area contributed by atoms with E-state index < -0.39 is 0 Å². The van der Waals surface area contributed by atoms with Crippen molar-refractivity contribution in [2.45, 2.75) is 27.2 Å². The van der Waals surface area contributed by atoms with E-state index in [1.54, 1.807) is 51.5 Å². The van der Waals surface area contributed by atoms with Gasteiger partial charge in [0.1, 0.15) is 17.2 Å². The predicted octanol–water partition coefficient (Wildman–Crippen LogP) is 4.28. The Labute approximate surface area is 166 Å². The minimum Gasteiger partial charge on any atom is -0.497 e. The van der Waals surface area contributed by atoms with Gasteiger partial charge in [0.2, 0.25) is 0 Å². The summed E-state index contributed by atoms with van der Waals surface area (Å²) in [7, 11) is 3.17. The summed E-state index contributed by atoms with van der Waals surface area (Å²) in [6.45, 7) is 6.77. The number of amides is 1. The Morgan fingerprint density at radius 3 is 2.32 bits per heavy atom. The minimum atomic E-state index is -0.291. The number of nitrogens with one attached hydrogen (secondary N) is 1. The van der Waals surface area contributed by atoms with Crippen LogP contribution in [0.25, 0.3) is 0 Å². The van der Waals surface area contributed by atoms with Gasteiger partial charge >= 0.3 is 0 Å². The van der Waals surface area contributed by atoms with Gasteiger partial charge in [-0.3, -0.25) is 4.79 Å². The third-order valence-corrected chi connectivity index (χ3v) is 4.20. The SMILES string of the molecule is COc1ccc(C(C)=NNC(=O)c2ccc(OCCC(C)C)cc2)c(OC)c1. The lowest BCUT2D eigenvalue weighted by Crippen LogP contribution is -2.19. The van der Waals surface area contributed by atoms with Crippen LogP contribution in [0, 0.1) is 5.92 Å².